The van der Waals surface area contributed by atoms with Crippen molar-refractivity contribution in [1.29, 1.82) is 0 Å². The number of cyclic esters (lactones) is 1. The van der Waals surface area contributed by atoms with E-state index in [4.69, 9.17) is 4.74 Å². The molecule has 2 rings (SSSR count). The summed E-state index contributed by atoms with van der Waals surface area (Å²) in [5.74, 6) is -0.143. The highest BCUT2D eigenvalue weighted by atomic mass is 16.5. The average Bonchev–Trinajstić information content (AvgIpc) is 2.56. The van der Waals surface area contributed by atoms with Crippen LogP contribution < -0.4 is 5.32 Å². The third-order valence-corrected chi connectivity index (χ3v) is 3.87. The van der Waals surface area contributed by atoms with Gasteiger partial charge in [-0.25, -0.2) is 0 Å². The van der Waals surface area contributed by atoms with Gasteiger partial charge >= 0.3 is 5.97 Å². The minimum absolute atomic E-state index is 0.0334. The number of rotatable bonds is 0. The van der Waals surface area contributed by atoms with Crippen molar-refractivity contribution in [3.8, 4) is 0 Å². The lowest BCUT2D eigenvalue weighted by molar-refractivity contribution is -0.143. The molecule has 1 aromatic carbocycles. The second-order valence-electron chi connectivity index (χ2n) is 5.77. The maximum Gasteiger partial charge on any atom is 0.305 e. The largest absolute Gasteiger partial charge is 0.466 e. The highest BCUT2D eigenvalue weighted by Crippen LogP contribution is 2.12. The van der Waals surface area contributed by atoms with E-state index in [1.807, 2.05) is 30.3 Å². The SMILES string of the molecule is O=C1CCCCCNC(=O)c2ccccc2/C=C/CCCCO1. The first-order valence-corrected chi connectivity index (χ1v) is 8.47. The second-order valence-corrected chi connectivity index (χ2v) is 5.77. The summed E-state index contributed by atoms with van der Waals surface area (Å²) in [7, 11) is 0. The lowest BCUT2D eigenvalue weighted by atomic mass is 10.1. The number of hydrogen-bond donors (Lipinski definition) is 1. The number of ether oxygens (including phenoxy) is 1. The van der Waals surface area contributed by atoms with Gasteiger partial charge in [0, 0.05) is 18.5 Å². The number of allylic oxidation sites excluding steroid dienone is 1. The van der Waals surface area contributed by atoms with Gasteiger partial charge in [-0.05, 0) is 43.7 Å². The van der Waals surface area contributed by atoms with Crippen molar-refractivity contribution in [2.75, 3.05) is 13.2 Å². The van der Waals surface area contributed by atoms with E-state index in [2.05, 4.69) is 11.4 Å². The molecule has 1 N–H and O–H groups in total. The van der Waals surface area contributed by atoms with Gasteiger partial charge in [-0.2, -0.15) is 0 Å². The monoisotopic (exact) mass is 315 g/mol. The third-order valence-electron chi connectivity index (χ3n) is 3.87. The van der Waals surface area contributed by atoms with Gasteiger partial charge in [0.05, 0.1) is 6.61 Å². The van der Waals surface area contributed by atoms with Crippen molar-refractivity contribution < 1.29 is 14.3 Å². The Balaban J connectivity index is 2.00. The molecule has 1 aromatic rings. The Morgan fingerprint density at radius 2 is 1.83 bits per heavy atom. The second kappa shape index (κ2) is 9.82. The van der Waals surface area contributed by atoms with Crippen LogP contribution in [0.4, 0.5) is 0 Å². The first-order chi connectivity index (χ1) is 11.3. The molecule has 0 aromatic heterocycles. The van der Waals surface area contributed by atoms with Crippen molar-refractivity contribution in [2.45, 2.75) is 44.9 Å². The first kappa shape index (κ1) is 17.3. The van der Waals surface area contributed by atoms with E-state index in [0.717, 1.165) is 44.1 Å². The first-order valence-electron chi connectivity index (χ1n) is 8.47. The zero-order valence-electron chi connectivity index (χ0n) is 13.6. The molecule has 0 atom stereocenters. The average molecular weight is 315 g/mol. The van der Waals surface area contributed by atoms with Gasteiger partial charge in [-0.1, -0.05) is 36.8 Å². The van der Waals surface area contributed by atoms with E-state index in [1.165, 1.54) is 0 Å². The summed E-state index contributed by atoms with van der Waals surface area (Å²) in [6, 6.07) is 7.65. The van der Waals surface area contributed by atoms with Crippen LogP contribution >= 0.6 is 0 Å². The minimum atomic E-state index is -0.110. The van der Waals surface area contributed by atoms with Gasteiger partial charge in [-0.3, -0.25) is 9.59 Å². The normalized spacial score (nSPS) is 19.8. The van der Waals surface area contributed by atoms with Crippen LogP contribution in [-0.2, 0) is 9.53 Å². The maximum absolute atomic E-state index is 12.3. The van der Waals surface area contributed by atoms with E-state index >= 15 is 0 Å². The Kier molecular flexibility index (Phi) is 7.37. The number of nitrogens with one attached hydrogen (secondary N) is 1. The van der Waals surface area contributed by atoms with Gasteiger partial charge in [-0.15, -0.1) is 0 Å². The van der Waals surface area contributed by atoms with Crippen LogP contribution in [0.1, 0.15) is 60.9 Å². The lowest BCUT2D eigenvalue weighted by Crippen LogP contribution is -2.25. The van der Waals surface area contributed by atoms with Crippen LogP contribution in [0.25, 0.3) is 6.08 Å². The molecule has 4 heteroatoms. The van der Waals surface area contributed by atoms with Crippen LogP contribution in [0.5, 0.6) is 0 Å². The fourth-order valence-corrected chi connectivity index (χ4v) is 2.55. The summed E-state index contributed by atoms with van der Waals surface area (Å²) in [5.41, 5.74) is 1.66. The van der Waals surface area contributed by atoms with Gasteiger partial charge < -0.3 is 10.1 Å². The zero-order valence-corrected chi connectivity index (χ0v) is 13.6. The number of carbonyl (C=O) groups is 2. The molecule has 1 aliphatic heterocycles. The lowest BCUT2D eigenvalue weighted by Gasteiger charge is -2.08. The van der Waals surface area contributed by atoms with Crippen molar-refractivity contribution in [2.24, 2.45) is 0 Å². The number of fused-ring (bicyclic) bond motifs is 1. The summed E-state index contributed by atoms with van der Waals surface area (Å²) in [6.45, 7) is 1.13. The Bertz CT molecular complexity index is 551. The highest BCUT2D eigenvalue weighted by Gasteiger charge is 2.09. The number of benzene rings is 1. The third kappa shape index (κ3) is 6.27. The predicted octanol–water partition coefficient (Wildman–Crippen LogP) is 3.72. The molecule has 0 radical (unpaired) electrons. The van der Waals surface area contributed by atoms with E-state index in [0.29, 0.717) is 25.1 Å². The Morgan fingerprint density at radius 1 is 0.957 bits per heavy atom. The van der Waals surface area contributed by atoms with E-state index in [-0.39, 0.29) is 11.9 Å². The number of amides is 1. The van der Waals surface area contributed by atoms with E-state index < -0.39 is 0 Å². The van der Waals surface area contributed by atoms with E-state index in [1.54, 1.807) is 0 Å². The molecule has 0 saturated heterocycles. The van der Waals surface area contributed by atoms with Gasteiger partial charge in [0.2, 0.25) is 0 Å². The smallest absolute Gasteiger partial charge is 0.305 e. The molecule has 0 saturated carbocycles. The van der Waals surface area contributed by atoms with Gasteiger partial charge in [0.15, 0.2) is 0 Å². The fourth-order valence-electron chi connectivity index (χ4n) is 2.55. The molecule has 1 aliphatic rings. The van der Waals surface area contributed by atoms with Crippen LogP contribution in [-0.4, -0.2) is 25.0 Å². The Hall–Kier alpha value is -2.10. The summed E-state index contributed by atoms with van der Waals surface area (Å²) in [4.78, 5) is 23.8. The minimum Gasteiger partial charge on any atom is -0.466 e. The summed E-state index contributed by atoms with van der Waals surface area (Å²) >= 11 is 0. The molecule has 0 aliphatic carbocycles. The number of esters is 1. The standard InChI is InChI=1S/C19H25NO3/c21-18-13-5-3-8-14-20-19(22)17-12-7-6-11-16(17)10-4-1-2-9-15-23-18/h4,6-7,10-12H,1-3,5,8-9,13-15H2,(H,20,22)/b10-4+. The molecule has 0 unspecified atom stereocenters. The number of carbonyl (C=O) groups excluding carboxylic acids is 2. The fraction of sp³-hybridized carbons (Fsp3) is 0.474. The molecule has 0 spiro atoms. The molecular formula is C19H25NO3. The quantitative estimate of drug-likeness (QED) is 0.742. The molecule has 0 bridgehead atoms. The van der Waals surface area contributed by atoms with Gasteiger partial charge in [0.1, 0.15) is 0 Å². The molecule has 23 heavy (non-hydrogen) atoms. The van der Waals surface area contributed by atoms with Gasteiger partial charge in [0.25, 0.3) is 5.91 Å². The van der Waals surface area contributed by atoms with Crippen molar-refractivity contribution in [3.05, 3.63) is 41.5 Å². The Morgan fingerprint density at radius 3 is 2.74 bits per heavy atom. The van der Waals surface area contributed by atoms with E-state index in [9.17, 15) is 9.59 Å². The molecule has 0 fully saturated rings. The van der Waals surface area contributed by atoms with Crippen LogP contribution in [0.3, 0.4) is 0 Å². The highest BCUT2D eigenvalue weighted by molar-refractivity contribution is 5.97. The van der Waals surface area contributed by atoms with Crippen molar-refractivity contribution >= 4 is 18.0 Å². The van der Waals surface area contributed by atoms with Crippen LogP contribution in [0, 0.1) is 0 Å². The molecular weight excluding hydrogens is 290 g/mol. The number of hydrogen-bond acceptors (Lipinski definition) is 3. The summed E-state index contributed by atoms with van der Waals surface area (Å²) in [6.07, 6.45) is 9.90. The topological polar surface area (TPSA) is 55.4 Å². The van der Waals surface area contributed by atoms with Crippen LogP contribution in [0.15, 0.2) is 30.3 Å². The van der Waals surface area contributed by atoms with Crippen LogP contribution in [0.2, 0.25) is 0 Å². The maximum atomic E-state index is 12.3. The predicted molar refractivity (Wildman–Crippen MR) is 91.1 cm³/mol. The summed E-state index contributed by atoms with van der Waals surface area (Å²) in [5, 5.41) is 2.96. The molecule has 1 heterocycles. The van der Waals surface area contributed by atoms with Crippen molar-refractivity contribution in [3.63, 3.8) is 0 Å². The van der Waals surface area contributed by atoms with Crippen molar-refractivity contribution in [1.82, 2.24) is 5.32 Å². The molecule has 4 nitrogen and oxygen atoms in total. The Labute approximate surface area is 137 Å². The molecule has 1 amide bonds. The summed E-state index contributed by atoms with van der Waals surface area (Å²) < 4.78 is 5.21. The molecule has 124 valence electrons. The zero-order chi connectivity index (χ0) is 16.3.